The van der Waals surface area contributed by atoms with E-state index in [-0.39, 0.29) is 18.0 Å². The Hall–Kier alpha value is -1.64. The van der Waals surface area contributed by atoms with Crippen molar-refractivity contribution in [3.8, 4) is 5.75 Å². The van der Waals surface area contributed by atoms with Gasteiger partial charge >= 0.3 is 0 Å². The second-order valence-corrected chi connectivity index (χ2v) is 3.67. The first-order valence-corrected chi connectivity index (χ1v) is 5.39. The van der Waals surface area contributed by atoms with E-state index in [1.165, 1.54) is 6.92 Å². The Bertz CT molecular complexity index is 365. The van der Waals surface area contributed by atoms with Gasteiger partial charge in [-0.05, 0) is 37.6 Å². The number of ether oxygens (including phenoxy) is 1. The number of rotatable bonds is 6. The van der Waals surface area contributed by atoms with Crippen LogP contribution in [0.3, 0.4) is 0 Å². The lowest BCUT2D eigenvalue weighted by atomic mass is 10.1. The highest BCUT2D eigenvalue weighted by Gasteiger charge is 2.08. The summed E-state index contributed by atoms with van der Waals surface area (Å²) in [6.07, 6.45) is 0.917. The van der Waals surface area contributed by atoms with Crippen LogP contribution in [0.25, 0.3) is 0 Å². The minimum Gasteiger partial charge on any atom is -0.494 e. The van der Waals surface area contributed by atoms with Crippen LogP contribution in [-0.2, 0) is 4.79 Å². The van der Waals surface area contributed by atoms with E-state index in [1.54, 1.807) is 24.3 Å². The molecule has 0 aromatic heterocycles. The number of carbonyl (C=O) groups is 2. The van der Waals surface area contributed by atoms with Gasteiger partial charge in [0.05, 0.1) is 13.0 Å². The average Bonchev–Trinajstić information content (AvgIpc) is 2.26. The molecular weight excluding hydrogens is 204 g/mol. The third-order valence-electron chi connectivity index (χ3n) is 2.06. The molecule has 3 nitrogen and oxygen atoms in total. The Kier molecular flexibility index (Phi) is 4.70. The molecule has 0 unspecified atom stereocenters. The van der Waals surface area contributed by atoms with E-state index in [9.17, 15) is 9.59 Å². The molecule has 0 aliphatic heterocycles. The molecule has 0 N–H and O–H groups in total. The van der Waals surface area contributed by atoms with Crippen LogP contribution in [0.1, 0.15) is 37.0 Å². The van der Waals surface area contributed by atoms with Crippen LogP contribution in [-0.4, -0.2) is 18.2 Å². The van der Waals surface area contributed by atoms with Crippen LogP contribution in [0.15, 0.2) is 24.3 Å². The van der Waals surface area contributed by atoms with Gasteiger partial charge in [0.25, 0.3) is 0 Å². The summed E-state index contributed by atoms with van der Waals surface area (Å²) < 4.78 is 5.39. The minimum absolute atomic E-state index is 0.0326. The maximum Gasteiger partial charge on any atom is 0.170 e. The van der Waals surface area contributed by atoms with Gasteiger partial charge in [0.1, 0.15) is 11.5 Å². The minimum atomic E-state index is -0.144. The highest BCUT2D eigenvalue weighted by molar-refractivity contribution is 6.07. The lowest BCUT2D eigenvalue weighted by Gasteiger charge is -2.04. The molecule has 1 aromatic rings. The van der Waals surface area contributed by atoms with Crippen LogP contribution >= 0.6 is 0 Å². The normalized spacial score (nSPS) is 9.88. The fraction of sp³-hybridized carbons (Fsp3) is 0.385. The van der Waals surface area contributed by atoms with E-state index >= 15 is 0 Å². The second-order valence-electron chi connectivity index (χ2n) is 3.67. The van der Waals surface area contributed by atoms with E-state index in [0.29, 0.717) is 12.2 Å². The topological polar surface area (TPSA) is 43.4 Å². The maximum absolute atomic E-state index is 11.5. The largest absolute Gasteiger partial charge is 0.494 e. The zero-order valence-electron chi connectivity index (χ0n) is 9.66. The van der Waals surface area contributed by atoms with Crippen molar-refractivity contribution in [2.45, 2.75) is 26.7 Å². The smallest absolute Gasteiger partial charge is 0.170 e. The first-order valence-electron chi connectivity index (χ1n) is 5.39. The van der Waals surface area contributed by atoms with E-state index in [2.05, 4.69) is 0 Å². The summed E-state index contributed by atoms with van der Waals surface area (Å²) >= 11 is 0. The summed E-state index contributed by atoms with van der Waals surface area (Å²) in [5.74, 6) is 0.493. The molecule has 0 saturated carbocycles. The van der Waals surface area contributed by atoms with Crippen LogP contribution in [0.2, 0.25) is 0 Å². The van der Waals surface area contributed by atoms with Gasteiger partial charge in [-0.15, -0.1) is 0 Å². The van der Waals surface area contributed by atoms with Gasteiger partial charge in [0, 0.05) is 5.56 Å². The molecule has 0 spiro atoms. The molecule has 16 heavy (non-hydrogen) atoms. The molecule has 0 saturated heterocycles. The molecule has 0 aliphatic rings. The van der Waals surface area contributed by atoms with Crippen molar-refractivity contribution in [2.24, 2.45) is 0 Å². The third kappa shape index (κ3) is 3.85. The van der Waals surface area contributed by atoms with Gasteiger partial charge in [-0.3, -0.25) is 9.59 Å². The van der Waals surface area contributed by atoms with Crippen LogP contribution in [0.4, 0.5) is 0 Å². The second kappa shape index (κ2) is 6.05. The fourth-order valence-electron chi connectivity index (χ4n) is 1.29. The van der Waals surface area contributed by atoms with Crippen molar-refractivity contribution in [1.29, 1.82) is 0 Å². The first-order chi connectivity index (χ1) is 7.63. The van der Waals surface area contributed by atoms with Crippen molar-refractivity contribution < 1.29 is 14.3 Å². The molecule has 0 radical (unpaired) electrons. The molecule has 0 aliphatic carbocycles. The Labute approximate surface area is 95.4 Å². The molecule has 1 rings (SSSR count). The van der Waals surface area contributed by atoms with Crippen molar-refractivity contribution in [1.82, 2.24) is 0 Å². The predicted octanol–water partition coefficient (Wildman–Crippen LogP) is 2.64. The SMILES string of the molecule is CCCOc1ccc(C(=O)CC(C)=O)cc1. The van der Waals surface area contributed by atoms with Gasteiger partial charge < -0.3 is 4.74 Å². The number of hydrogen-bond donors (Lipinski definition) is 0. The Morgan fingerprint density at radius 3 is 2.31 bits per heavy atom. The number of hydrogen-bond acceptors (Lipinski definition) is 3. The zero-order chi connectivity index (χ0) is 12.0. The fourth-order valence-corrected chi connectivity index (χ4v) is 1.29. The summed E-state index contributed by atoms with van der Waals surface area (Å²) in [7, 11) is 0. The molecule has 0 amide bonds. The molecule has 0 heterocycles. The van der Waals surface area contributed by atoms with E-state index in [4.69, 9.17) is 4.74 Å². The van der Waals surface area contributed by atoms with E-state index in [0.717, 1.165) is 12.2 Å². The number of benzene rings is 1. The van der Waals surface area contributed by atoms with Gasteiger partial charge in [0.15, 0.2) is 5.78 Å². The first kappa shape index (κ1) is 12.4. The van der Waals surface area contributed by atoms with E-state index < -0.39 is 0 Å². The van der Waals surface area contributed by atoms with Crippen molar-refractivity contribution in [3.05, 3.63) is 29.8 Å². The average molecular weight is 220 g/mol. The third-order valence-corrected chi connectivity index (χ3v) is 2.06. The van der Waals surface area contributed by atoms with Gasteiger partial charge in [-0.1, -0.05) is 6.92 Å². The van der Waals surface area contributed by atoms with Gasteiger partial charge in [-0.25, -0.2) is 0 Å². The molecule has 1 aromatic carbocycles. The highest BCUT2D eigenvalue weighted by Crippen LogP contribution is 2.13. The van der Waals surface area contributed by atoms with Crippen LogP contribution in [0.5, 0.6) is 5.75 Å². The quantitative estimate of drug-likeness (QED) is 0.546. The lowest BCUT2D eigenvalue weighted by molar-refractivity contribution is -0.116. The predicted molar refractivity (Wildman–Crippen MR) is 61.9 cm³/mol. The Balaban J connectivity index is 2.63. The van der Waals surface area contributed by atoms with Crippen LogP contribution < -0.4 is 4.74 Å². The number of ketones is 2. The molecular formula is C13H16O3. The Morgan fingerprint density at radius 1 is 1.19 bits per heavy atom. The number of carbonyl (C=O) groups excluding carboxylic acids is 2. The Morgan fingerprint density at radius 2 is 1.81 bits per heavy atom. The van der Waals surface area contributed by atoms with Gasteiger partial charge in [-0.2, -0.15) is 0 Å². The number of Topliss-reactive ketones (excluding diaryl/α,β-unsaturated/α-hetero) is 2. The molecule has 86 valence electrons. The monoisotopic (exact) mass is 220 g/mol. The van der Waals surface area contributed by atoms with Crippen molar-refractivity contribution in [2.75, 3.05) is 6.61 Å². The van der Waals surface area contributed by atoms with Crippen molar-refractivity contribution >= 4 is 11.6 Å². The molecule has 0 atom stereocenters. The van der Waals surface area contributed by atoms with Crippen molar-refractivity contribution in [3.63, 3.8) is 0 Å². The summed E-state index contributed by atoms with van der Waals surface area (Å²) in [5, 5.41) is 0. The summed E-state index contributed by atoms with van der Waals surface area (Å²) in [6, 6.07) is 6.89. The zero-order valence-corrected chi connectivity index (χ0v) is 9.66. The van der Waals surface area contributed by atoms with Gasteiger partial charge in [0.2, 0.25) is 0 Å². The summed E-state index contributed by atoms with van der Waals surface area (Å²) in [4.78, 5) is 22.3. The van der Waals surface area contributed by atoms with E-state index in [1.807, 2.05) is 6.92 Å². The standard InChI is InChI=1S/C13H16O3/c1-3-8-16-12-6-4-11(5-7-12)13(15)9-10(2)14/h4-7H,3,8-9H2,1-2H3. The summed E-state index contributed by atoms with van der Waals surface area (Å²) in [6.45, 7) is 4.11. The lowest BCUT2D eigenvalue weighted by Crippen LogP contribution is -2.04. The summed E-state index contributed by atoms with van der Waals surface area (Å²) in [5.41, 5.74) is 0.555. The molecule has 0 bridgehead atoms. The highest BCUT2D eigenvalue weighted by atomic mass is 16.5. The maximum atomic E-state index is 11.5. The molecule has 3 heteroatoms. The molecule has 0 fully saturated rings. The van der Waals surface area contributed by atoms with Crippen LogP contribution in [0, 0.1) is 0 Å².